The quantitative estimate of drug-likeness (QED) is 0.633. The second-order valence-electron chi connectivity index (χ2n) is 4.74. The van der Waals surface area contributed by atoms with E-state index in [2.05, 4.69) is 36.9 Å². The molecule has 1 aromatic rings. The molecule has 2 rings (SSSR count). The smallest absolute Gasteiger partial charge is 0.0279 e. The minimum Gasteiger partial charge on any atom is -0.0999 e. The number of aryl methyl sites for hydroxylation is 1. The molecule has 0 bridgehead atoms. The van der Waals surface area contributed by atoms with Crippen LogP contribution < -0.4 is 0 Å². The third-order valence-electron chi connectivity index (χ3n) is 3.40. The topological polar surface area (TPSA) is 0 Å². The molecule has 1 unspecified atom stereocenters. The van der Waals surface area contributed by atoms with E-state index in [1.165, 1.54) is 49.7 Å². The molecule has 1 saturated carbocycles. The van der Waals surface area contributed by atoms with E-state index < -0.39 is 0 Å². The van der Waals surface area contributed by atoms with Gasteiger partial charge in [0.05, 0.1) is 0 Å². The Labute approximate surface area is 93.0 Å². The standard InChI is InChI=1S/C15H20/c1-13-10-11-15(12-13)9-5-8-14-6-3-2-4-7-14/h2-4,6-7,15H,1,5,8-12H2. The van der Waals surface area contributed by atoms with Crippen LogP contribution in [0.3, 0.4) is 0 Å². The molecule has 0 amide bonds. The predicted molar refractivity (Wildman–Crippen MR) is 65.9 cm³/mol. The summed E-state index contributed by atoms with van der Waals surface area (Å²) in [4.78, 5) is 0. The van der Waals surface area contributed by atoms with E-state index in [1.807, 2.05) is 0 Å². The van der Waals surface area contributed by atoms with Gasteiger partial charge in [0, 0.05) is 0 Å². The van der Waals surface area contributed by atoms with Gasteiger partial charge in [-0.2, -0.15) is 0 Å². The van der Waals surface area contributed by atoms with Crippen LogP contribution in [0.4, 0.5) is 0 Å². The normalized spacial score (nSPS) is 20.8. The molecule has 0 spiro atoms. The van der Waals surface area contributed by atoms with E-state index >= 15 is 0 Å². The van der Waals surface area contributed by atoms with Crippen LogP contribution in [0.15, 0.2) is 42.5 Å². The molecule has 1 aromatic carbocycles. The lowest BCUT2D eigenvalue weighted by molar-refractivity contribution is 0.490. The lowest BCUT2D eigenvalue weighted by atomic mass is 9.98. The van der Waals surface area contributed by atoms with Crippen molar-refractivity contribution in [1.82, 2.24) is 0 Å². The van der Waals surface area contributed by atoms with Crippen molar-refractivity contribution < 1.29 is 0 Å². The molecule has 1 aliphatic carbocycles. The first-order chi connectivity index (χ1) is 7.34. The molecule has 1 fully saturated rings. The van der Waals surface area contributed by atoms with Crippen LogP contribution in [0.5, 0.6) is 0 Å². The highest BCUT2D eigenvalue weighted by Gasteiger charge is 2.16. The molecular weight excluding hydrogens is 180 g/mol. The Balaban J connectivity index is 1.69. The van der Waals surface area contributed by atoms with Crippen LogP contribution in [0.1, 0.15) is 37.7 Å². The van der Waals surface area contributed by atoms with Gasteiger partial charge in [-0.3, -0.25) is 0 Å². The van der Waals surface area contributed by atoms with E-state index in [9.17, 15) is 0 Å². The fourth-order valence-electron chi connectivity index (χ4n) is 2.51. The average Bonchev–Trinajstić information content (AvgIpc) is 2.66. The molecule has 0 aromatic heterocycles. The van der Waals surface area contributed by atoms with E-state index in [4.69, 9.17) is 0 Å². The fourth-order valence-corrected chi connectivity index (χ4v) is 2.51. The molecule has 0 nitrogen and oxygen atoms in total. The Hall–Kier alpha value is -1.04. The van der Waals surface area contributed by atoms with Crippen molar-refractivity contribution in [2.75, 3.05) is 0 Å². The Morgan fingerprint density at radius 1 is 1.20 bits per heavy atom. The lowest BCUT2D eigenvalue weighted by Gasteiger charge is -2.07. The maximum atomic E-state index is 4.07. The Bertz CT molecular complexity index is 310. The average molecular weight is 200 g/mol. The monoisotopic (exact) mass is 200 g/mol. The zero-order chi connectivity index (χ0) is 10.5. The van der Waals surface area contributed by atoms with E-state index in [1.54, 1.807) is 0 Å². The van der Waals surface area contributed by atoms with Crippen LogP contribution in [-0.4, -0.2) is 0 Å². The van der Waals surface area contributed by atoms with Crippen molar-refractivity contribution >= 4 is 0 Å². The van der Waals surface area contributed by atoms with Gasteiger partial charge in [-0.1, -0.05) is 42.5 Å². The van der Waals surface area contributed by atoms with Crippen LogP contribution in [0.25, 0.3) is 0 Å². The number of hydrogen-bond acceptors (Lipinski definition) is 0. The first-order valence-corrected chi connectivity index (χ1v) is 6.05. The van der Waals surface area contributed by atoms with Gasteiger partial charge in [0.25, 0.3) is 0 Å². The van der Waals surface area contributed by atoms with E-state index in [-0.39, 0.29) is 0 Å². The second-order valence-corrected chi connectivity index (χ2v) is 4.74. The summed E-state index contributed by atoms with van der Waals surface area (Å²) in [7, 11) is 0. The summed E-state index contributed by atoms with van der Waals surface area (Å²) in [5.41, 5.74) is 2.95. The molecule has 0 heteroatoms. The summed E-state index contributed by atoms with van der Waals surface area (Å²) >= 11 is 0. The first-order valence-electron chi connectivity index (χ1n) is 6.05. The lowest BCUT2D eigenvalue weighted by Crippen LogP contribution is -1.94. The molecule has 0 heterocycles. The van der Waals surface area contributed by atoms with Crippen molar-refractivity contribution in [3.8, 4) is 0 Å². The third kappa shape index (κ3) is 3.23. The Kier molecular flexibility index (Phi) is 3.60. The summed E-state index contributed by atoms with van der Waals surface area (Å²) in [6.07, 6.45) is 7.90. The molecule has 0 N–H and O–H groups in total. The van der Waals surface area contributed by atoms with Gasteiger partial charge < -0.3 is 0 Å². The zero-order valence-corrected chi connectivity index (χ0v) is 9.41. The largest absolute Gasteiger partial charge is 0.0999 e. The highest BCUT2D eigenvalue weighted by molar-refractivity contribution is 5.14. The Morgan fingerprint density at radius 3 is 2.67 bits per heavy atom. The molecule has 1 atom stereocenters. The van der Waals surface area contributed by atoms with Gasteiger partial charge in [-0.25, -0.2) is 0 Å². The summed E-state index contributed by atoms with van der Waals surface area (Å²) in [5.74, 6) is 0.932. The predicted octanol–water partition coefficient (Wildman–Crippen LogP) is 4.37. The number of rotatable bonds is 4. The van der Waals surface area contributed by atoms with Crippen molar-refractivity contribution in [3.63, 3.8) is 0 Å². The number of benzene rings is 1. The molecule has 0 saturated heterocycles. The summed E-state index contributed by atoms with van der Waals surface area (Å²) in [6.45, 7) is 4.07. The molecule has 15 heavy (non-hydrogen) atoms. The molecule has 0 aliphatic heterocycles. The minimum absolute atomic E-state index is 0.932. The minimum atomic E-state index is 0.932. The van der Waals surface area contributed by atoms with Crippen molar-refractivity contribution in [2.24, 2.45) is 5.92 Å². The number of hydrogen-bond donors (Lipinski definition) is 0. The maximum Gasteiger partial charge on any atom is -0.0279 e. The first kappa shape index (κ1) is 10.5. The van der Waals surface area contributed by atoms with Crippen LogP contribution >= 0.6 is 0 Å². The maximum absolute atomic E-state index is 4.07. The van der Waals surface area contributed by atoms with Crippen molar-refractivity contribution in [3.05, 3.63) is 48.0 Å². The highest BCUT2D eigenvalue weighted by Crippen LogP contribution is 2.32. The van der Waals surface area contributed by atoms with E-state index in [0.717, 1.165) is 5.92 Å². The van der Waals surface area contributed by atoms with E-state index in [0.29, 0.717) is 0 Å². The van der Waals surface area contributed by atoms with Crippen molar-refractivity contribution in [1.29, 1.82) is 0 Å². The third-order valence-corrected chi connectivity index (χ3v) is 3.40. The Morgan fingerprint density at radius 2 is 2.00 bits per heavy atom. The van der Waals surface area contributed by atoms with Crippen LogP contribution in [-0.2, 0) is 6.42 Å². The molecule has 80 valence electrons. The van der Waals surface area contributed by atoms with Crippen LogP contribution in [0.2, 0.25) is 0 Å². The summed E-state index contributed by atoms with van der Waals surface area (Å²) < 4.78 is 0. The summed E-state index contributed by atoms with van der Waals surface area (Å²) in [5, 5.41) is 0. The summed E-state index contributed by atoms with van der Waals surface area (Å²) in [6, 6.07) is 10.8. The molecule has 1 aliphatic rings. The van der Waals surface area contributed by atoms with Gasteiger partial charge in [0.1, 0.15) is 0 Å². The second kappa shape index (κ2) is 5.16. The molecule has 0 radical (unpaired) electrons. The zero-order valence-electron chi connectivity index (χ0n) is 9.41. The van der Waals surface area contributed by atoms with Gasteiger partial charge in [-0.05, 0) is 50.0 Å². The van der Waals surface area contributed by atoms with Gasteiger partial charge in [0.15, 0.2) is 0 Å². The highest BCUT2D eigenvalue weighted by atomic mass is 14.2. The SMILES string of the molecule is C=C1CCC(CCCc2ccccc2)C1. The van der Waals surface area contributed by atoms with Gasteiger partial charge in [0.2, 0.25) is 0 Å². The van der Waals surface area contributed by atoms with Gasteiger partial charge >= 0.3 is 0 Å². The molecular formula is C15H20. The van der Waals surface area contributed by atoms with Gasteiger partial charge in [-0.15, -0.1) is 0 Å². The fraction of sp³-hybridized carbons (Fsp3) is 0.467. The number of allylic oxidation sites excluding steroid dienone is 1. The van der Waals surface area contributed by atoms with Crippen LogP contribution in [0, 0.1) is 5.92 Å². The van der Waals surface area contributed by atoms with Crippen molar-refractivity contribution in [2.45, 2.75) is 38.5 Å².